The van der Waals surface area contributed by atoms with Crippen LogP contribution in [0.1, 0.15) is 10.4 Å². The van der Waals surface area contributed by atoms with Crippen LogP contribution >= 0.6 is 0 Å². The number of sulfonamides is 1. The van der Waals surface area contributed by atoms with Crippen LogP contribution in [0.4, 0.5) is 0 Å². The van der Waals surface area contributed by atoms with Crippen LogP contribution in [-0.2, 0) is 14.8 Å². The highest BCUT2D eigenvalue weighted by Gasteiger charge is 2.41. The topological polar surface area (TPSA) is 84.4 Å². The van der Waals surface area contributed by atoms with Gasteiger partial charge in [0.05, 0.1) is 12.1 Å². The molecule has 0 saturated heterocycles. The average molecular weight is 226 g/mol. The highest BCUT2D eigenvalue weighted by molar-refractivity contribution is 7.90. The van der Waals surface area contributed by atoms with Gasteiger partial charge in [0.25, 0.3) is 15.9 Å². The first-order chi connectivity index (χ1) is 7.09. The van der Waals surface area contributed by atoms with Gasteiger partial charge in [0, 0.05) is 6.20 Å². The van der Waals surface area contributed by atoms with Gasteiger partial charge < -0.3 is 4.79 Å². The third-order valence-corrected chi connectivity index (χ3v) is 3.71. The van der Waals surface area contributed by atoms with E-state index in [0.717, 1.165) is 0 Å². The zero-order valence-corrected chi connectivity index (χ0v) is 8.27. The summed E-state index contributed by atoms with van der Waals surface area (Å²) in [5.74, 6) is -0.704. The van der Waals surface area contributed by atoms with Crippen molar-refractivity contribution in [1.29, 1.82) is 0 Å². The molecule has 78 valence electrons. The Morgan fingerprint density at radius 2 is 2.20 bits per heavy atom. The first-order valence-corrected chi connectivity index (χ1v) is 5.49. The molecule has 1 aromatic rings. The van der Waals surface area contributed by atoms with Crippen LogP contribution < -0.4 is 0 Å². The maximum atomic E-state index is 11.7. The lowest BCUT2D eigenvalue weighted by molar-refractivity contribution is -0.107. The normalized spacial score (nSPS) is 17.6. The van der Waals surface area contributed by atoms with Gasteiger partial charge in [0.15, 0.2) is 5.03 Å². The monoisotopic (exact) mass is 226 g/mol. The molecule has 0 N–H and O–H groups in total. The van der Waals surface area contributed by atoms with E-state index in [9.17, 15) is 18.0 Å². The molecular formula is C8H6N2O4S. The van der Waals surface area contributed by atoms with Gasteiger partial charge in [-0.15, -0.1) is 0 Å². The number of fused-ring (bicyclic) bond motifs is 1. The van der Waals surface area contributed by atoms with Crippen LogP contribution in [0.15, 0.2) is 23.4 Å². The Balaban J connectivity index is 2.65. The maximum Gasteiger partial charge on any atom is 0.285 e. The number of rotatable bonds is 2. The van der Waals surface area contributed by atoms with E-state index in [2.05, 4.69) is 4.98 Å². The Labute approximate surface area is 85.6 Å². The van der Waals surface area contributed by atoms with E-state index in [1.165, 1.54) is 18.3 Å². The van der Waals surface area contributed by atoms with Crippen molar-refractivity contribution in [3.63, 3.8) is 0 Å². The second kappa shape index (κ2) is 3.13. The molecule has 1 aliphatic rings. The van der Waals surface area contributed by atoms with Gasteiger partial charge in [-0.1, -0.05) is 0 Å². The first kappa shape index (κ1) is 9.78. The second-order valence-corrected chi connectivity index (χ2v) is 4.64. The predicted octanol–water partition coefficient (Wildman–Crippen LogP) is -0.575. The van der Waals surface area contributed by atoms with Gasteiger partial charge >= 0.3 is 0 Å². The van der Waals surface area contributed by atoms with Gasteiger partial charge in [0.1, 0.15) is 6.29 Å². The lowest BCUT2D eigenvalue weighted by atomic mass is 10.3. The van der Waals surface area contributed by atoms with Gasteiger partial charge in [-0.3, -0.25) is 4.79 Å². The lowest BCUT2D eigenvalue weighted by Crippen LogP contribution is -2.31. The largest absolute Gasteiger partial charge is 0.301 e. The summed E-state index contributed by atoms with van der Waals surface area (Å²) < 4.78 is 23.8. The van der Waals surface area contributed by atoms with Crippen molar-refractivity contribution in [2.45, 2.75) is 5.03 Å². The molecule has 0 atom stereocenters. The molecule has 0 aromatic carbocycles. The van der Waals surface area contributed by atoms with Crippen molar-refractivity contribution < 1.29 is 18.0 Å². The van der Waals surface area contributed by atoms with E-state index < -0.39 is 22.5 Å². The molecule has 1 amide bonds. The minimum absolute atomic E-state index is 0.0133. The molecule has 0 bridgehead atoms. The van der Waals surface area contributed by atoms with Crippen LogP contribution in [0.5, 0.6) is 0 Å². The van der Waals surface area contributed by atoms with Crippen molar-refractivity contribution in [2.75, 3.05) is 6.54 Å². The van der Waals surface area contributed by atoms with Crippen LogP contribution in [0, 0.1) is 0 Å². The molecule has 7 heteroatoms. The van der Waals surface area contributed by atoms with Gasteiger partial charge in [0.2, 0.25) is 0 Å². The second-order valence-electron chi connectivity index (χ2n) is 2.86. The molecule has 2 heterocycles. The fourth-order valence-electron chi connectivity index (χ4n) is 1.36. The van der Waals surface area contributed by atoms with E-state index in [-0.39, 0.29) is 10.6 Å². The SMILES string of the molecule is O=CCN1C(=O)c2cccnc2S1(=O)=O. The van der Waals surface area contributed by atoms with Crippen LogP contribution in [0.3, 0.4) is 0 Å². The van der Waals surface area contributed by atoms with E-state index in [0.29, 0.717) is 10.6 Å². The Morgan fingerprint density at radius 1 is 1.47 bits per heavy atom. The van der Waals surface area contributed by atoms with Gasteiger partial charge in [-0.05, 0) is 12.1 Å². The summed E-state index contributed by atoms with van der Waals surface area (Å²) in [4.78, 5) is 25.4. The summed E-state index contributed by atoms with van der Waals surface area (Å²) in [5, 5.41) is -0.281. The molecule has 2 rings (SSSR count). The average Bonchev–Trinajstić information content (AvgIpc) is 2.41. The van der Waals surface area contributed by atoms with Crippen molar-refractivity contribution in [1.82, 2.24) is 9.29 Å². The number of hydrogen-bond donors (Lipinski definition) is 0. The number of amides is 1. The zero-order valence-electron chi connectivity index (χ0n) is 7.45. The zero-order chi connectivity index (χ0) is 11.1. The van der Waals surface area contributed by atoms with Crippen LogP contribution in [0.25, 0.3) is 0 Å². The molecule has 6 nitrogen and oxygen atoms in total. The summed E-state index contributed by atoms with van der Waals surface area (Å²) in [6, 6.07) is 2.84. The third kappa shape index (κ3) is 1.23. The summed E-state index contributed by atoms with van der Waals surface area (Å²) in [6.07, 6.45) is 1.65. The Hall–Kier alpha value is -1.76. The summed E-state index contributed by atoms with van der Waals surface area (Å²) >= 11 is 0. The Morgan fingerprint density at radius 3 is 2.80 bits per heavy atom. The quantitative estimate of drug-likeness (QED) is 0.630. The number of aldehydes is 1. The molecule has 15 heavy (non-hydrogen) atoms. The summed E-state index contributed by atoms with van der Waals surface area (Å²) in [6.45, 7) is -0.475. The predicted molar refractivity (Wildman–Crippen MR) is 48.5 cm³/mol. The van der Waals surface area contributed by atoms with Crippen molar-refractivity contribution in [3.05, 3.63) is 23.9 Å². The van der Waals surface area contributed by atoms with E-state index in [1.807, 2.05) is 0 Å². The molecule has 0 radical (unpaired) electrons. The molecule has 0 spiro atoms. The number of carbonyl (C=O) groups is 2. The molecule has 0 aliphatic carbocycles. The van der Waals surface area contributed by atoms with Gasteiger partial charge in [-0.2, -0.15) is 8.42 Å². The fourth-order valence-corrected chi connectivity index (χ4v) is 2.77. The molecule has 0 unspecified atom stereocenters. The summed E-state index contributed by atoms with van der Waals surface area (Å²) in [5.41, 5.74) is 0.0133. The number of pyridine rings is 1. The maximum absolute atomic E-state index is 11.7. The van der Waals surface area contributed by atoms with Crippen molar-refractivity contribution in [2.24, 2.45) is 0 Å². The van der Waals surface area contributed by atoms with Gasteiger partial charge in [-0.25, -0.2) is 9.29 Å². The standard InChI is InChI=1S/C8H6N2O4S/c11-5-4-10-8(12)6-2-1-3-9-7(6)15(10,13)14/h1-3,5H,4H2. The number of aromatic nitrogens is 1. The third-order valence-electron chi connectivity index (χ3n) is 2.00. The minimum Gasteiger partial charge on any atom is -0.301 e. The molecule has 0 saturated carbocycles. The van der Waals surface area contributed by atoms with E-state index >= 15 is 0 Å². The Kier molecular flexibility index (Phi) is 2.04. The minimum atomic E-state index is -3.92. The smallest absolute Gasteiger partial charge is 0.285 e. The van der Waals surface area contributed by atoms with E-state index in [4.69, 9.17) is 0 Å². The van der Waals surface area contributed by atoms with Crippen molar-refractivity contribution >= 4 is 22.2 Å². The van der Waals surface area contributed by atoms with Crippen molar-refractivity contribution in [3.8, 4) is 0 Å². The fraction of sp³-hybridized carbons (Fsp3) is 0.125. The Bertz CT molecular complexity index is 537. The number of carbonyl (C=O) groups excluding carboxylic acids is 2. The number of nitrogens with zero attached hydrogens (tertiary/aromatic N) is 2. The lowest BCUT2D eigenvalue weighted by Gasteiger charge is -2.09. The highest BCUT2D eigenvalue weighted by atomic mass is 32.2. The summed E-state index contributed by atoms with van der Waals surface area (Å²) in [7, 11) is -3.92. The highest BCUT2D eigenvalue weighted by Crippen LogP contribution is 2.26. The molecule has 1 aliphatic heterocycles. The molecule has 1 aromatic heterocycles. The van der Waals surface area contributed by atoms with E-state index in [1.54, 1.807) is 0 Å². The first-order valence-electron chi connectivity index (χ1n) is 4.05. The number of hydrogen-bond acceptors (Lipinski definition) is 5. The van der Waals surface area contributed by atoms with Crippen LogP contribution in [0.2, 0.25) is 0 Å². The van der Waals surface area contributed by atoms with Crippen LogP contribution in [-0.4, -0.2) is 36.4 Å². The molecule has 0 fully saturated rings. The molecular weight excluding hydrogens is 220 g/mol.